The zero-order chi connectivity index (χ0) is 21.3. The molecule has 0 radical (unpaired) electrons. The Kier molecular flexibility index (Phi) is 7.03. The second-order valence-electron chi connectivity index (χ2n) is 10.5. The predicted octanol–water partition coefficient (Wildman–Crippen LogP) is 8.35. The van der Waals surface area contributed by atoms with Gasteiger partial charge in [-0.1, -0.05) is 101 Å². The lowest BCUT2D eigenvalue weighted by Crippen LogP contribution is -2.25. The van der Waals surface area contributed by atoms with Crippen molar-refractivity contribution in [3.8, 4) is 0 Å². The van der Waals surface area contributed by atoms with E-state index in [1.165, 1.54) is 28.1 Å². The Morgan fingerprint density at radius 3 is 1.79 bits per heavy atom. The average molecular weight is 398 g/mol. The summed E-state index contributed by atoms with van der Waals surface area (Å²) in [6, 6.07) is 6.78. The summed E-state index contributed by atoms with van der Waals surface area (Å²) < 4.78 is 0. The van der Waals surface area contributed by atoms with E-state index >= 15 is 0 Å². The Bertz CT molecular complexity index is 739. The van der Waals surface area contributed by atoms with Gasteiger partial charge in [0, 0.05) is 17.0 Å². The summed E-state index contributed by atoms with van der Waals surface area (Å²) in [7, 11) is -0.297. The van der Waals surface area contributed by atoms with Crippen molar-refractivity contribution in [2.45, 2.75) is 91.4 Å². The quantitative estimate of drug-likeness (QED) is 0.503. The third kappa shape index (κ3) is 5.38. The summed E-state index contributed by atoms with van der Waals surface area (Å²) in [4.78, 5) is 0. The van der Waals surface area contributed by atoms with Gasteiger partial charge in [-0.3, -0.25) is 0 Å². The monoisotopic (exact) mass is 397 g/mol. The number of hydrogen-bond acceptors (Lipinski definition) is 1. The van der Waals surface area contributed by atoms with Crippen molar-refractivity contribution in [2.24, 2.45) is 0 Å². The molecule has 0 fully saturated rings. The number of dihydropyridines is 1. The summed E-state index contributed by atoms with van der Waals surface area (Å²) in [6.07, 6.45) is 6.67. The van der Waals surface area contributed by atoms with Crippen LogP contribution in [-0.2, 0) is 0 Å². The molecule has 1 N–H and O–H groups in total. The molecule has 1 nitrogen and oxygen atoms in total. The van der Waals surface area contributed by atoms with Crippen LogP contribution in [0.5, 0.6) is 0 Å². The molecule has 1 heterocycles. The van der Waals surface area contributed by atoms with E-state index in [-0.39, 0.29) is 18.2 Å². The number of allylic oxidation sites excluding steroid dienone is 3. The van der Waals surface area contributed by atoms with E-state index in [2.05, 4.69) is 117 Å². The van der Waals surface area contributed by atoms with Gasteiger partial charge >= 0.3 is 0 Å². The standard InChI is InChI=1S/C26H40NP/c1-18(2)21-14-12-15-22(19(3)4)24(21)23-16-11-13-20(27-23)17-28(25(5,6)7)26(8,9)10/h11-19,27H,1-10H3/b20-17-. The highest BCUT2D eigenvalue weighted by molar-refractivity contribution is 7.64. The Morgan fingerprint density at radius 1 is 0.857 bits per heavy atom. The first-order chi connectivity index (χ1) is 12.8. The zero-order valence-corrected chi connectivity index (χ0v) is 20.5. The Morgan fingerprint density at radius 2 is 1.36 bits per heavy atom. The predicted molar refractivity (Wildman–Crippen MR) is 129 cm³/mol. The first-order valence-corrected chi connectivity index (χ1v) is 12.0. The highest BCUT2D eigenvalue weighted by atomic mass is 31.1. The van der Waals surface area contributed by atoms with Gasteiger partial charge in [-0.05, 0) is 51.2 Å². The van der Waals surface area contributed by atoms with Crippen LogP contribution in [0.25, 0.3) is 5.70 Å². The summed E-state index contributed by atoms with van der Waals surface area (Å²) in [6.45, 7) is 23.4. The van der Waals surface area contributed by atoms with Gasteiger partial charge in [-0.15, -0.1) is 0 Å². The van der Waals surface area contributed by atoms with Gasteiger partial charge in [-0.2, -0.15) is 0 Å². The molecule has 0 spiro atoms. The van der Waals surface area contributed by atoms with Crippen molar-refractivity contribution in [2.75, 3.05) is 0 Å². The van der Waals surface area contributed by atoms with Crippen molar-refractivity contribution in [3.05, 3.63) is 64.6 Å². The van der Waals surface area contributed by atoms with Gasteiger partial charge in [0.25, 0.3) is 0 Å². The molecule has 28 heavy (non-hydrogen) atoms. The minimum atomic E-state index is -0.297. The Hall–Kier alpha value is -1.33. The maximum atomic E-state index is 3.79. The smallest absolute Gasteiger partial charge is 0.0463 e. The fourth-order valence-electron chi connectivity index (χ4n) is 4.10. The molecule has 0 unspecified atom stereocenters. The SMILES string of the molecule is CC(C)c1cccc(C(C)C)c1C1=CC=C/C(=C/P(C(C)(C)C)C(C)(C)C)N1. The molecule has 0 atom stereocenters. The molecule has 0 amide bonds. The van der Waals surface area contributed by atoms with Crippen molar-refractivity contribution in [3.63, 3.8) is 0 Å². The van der Waals surface area contributed by atoms with Gasteiger partial charge in [-0.25, -0.2) is 0 Å². The van der Waals surface area contributed by atoms with Crippen LogP contribution >= 0.6 is 7.92 Å². The van der Waals surface area contributed by atoms with Gasteiger partial charge in [0.2, 0.25) is 0 Å². The molecule has 0 saturated heterocycles. The second-order valence-corrected chi connectivity index (χ2v) is 14.2. The van der Waals surface area contributed by atoms with Crippen LogP contribution in [-0.4, -0.2) is 10.3 Å². The molecule has 154 valence electrons. The molecule has 0 aromatic heterocycles. The maximum Gasteiger partial charge on any atom is 0.0463 e. The van der Waals surface area contributed by atoms with Crippen molar-refractivity contribution >= 4 is 13.6 Å². The lowest BCUT2D eigenvalue weighted by molar-refractivity contribution is 0.713. The number of benzene rings is 1. The molecule has 1 aromatic rings. The van der Waals surface area contributed by atoms with Crippen molar-refractivity contribution < 1.29 is 0 Å². The van der Waals surface area contributed by atoms with Gasteiger partial charge in [0.15, 0.2) is 0 Å². The molecule has 0 bridgehead atoms. The highest BCUT2D eigenvalue weighted by Crippen LogP contribution is 2.60. The number of hydrogen-bond donors (Lipinski definition) is 1. The Balaban J connectivity index is 2.50. The highest BCUT2D eigenvalue weighted by Gasteiger charge is 2.33. The van der Waals surface area contributed by atoms with Crippen LogP contribution in [0.2, 0.25) is 0 Å². The van der Waals surface area contributed by atoms with Crippen molar-refractivity contribution in [1.82, 2.24) is 5.32 Å². The van der Waals surface area contributed by atoms with Gasteiger partial charge < -0.3 is 5.32 Å². The molecule has 1 aliphatic heterocycles. The third-order valence-corrected chi connectivity index (χ3v) is 8.60. The topological polar surface area (TPSA) is 12.0 Å². The van der Waals surface area contributed by atoms with Crippen molar-refractivity contribution in [1.29, 1.82) is 0 Å². The van der Waals surface area contributed by atoms with E-state index in [0.29, 0.717) is 11.8 Å². The average Bonchev–Trinajstić information content (AvgIpc) is 2.57. The van der Waals surface area contributed by atoms with Gasteiger partial charge in [0.1, 0.15) is 0 Å². The maximum absolute atomic E-state index is 3.79. The van der Waals surface area contributed by atoms with Crippen LogP contribution in [0.15, 0.2) is 47.9 Å². The summed E-state index contributed by atoms with van der Waals surface area (Å²) in [5, 5.41) is 4.33. The van der Waals surface area contributed by atoms with Crippen LogP contribution < -0.4 is 5.32 Å². The van der Waals surface area contributed by atoms with Crippen LogP contribution in [0.1, 0.15) is 97.8 Å². The molecule has 2 rings (SSSR count). The first kappa shape index (κ1) is 23.0. The third-order valence-electron chi connectivity index (χ3n) is 5.17. The van der Waals surface area contributed by atoms with Crippen LogP contribution in [0.3, 0.4) is 0 Å². The van der Waals surface area contributed by atoms with E-state index < -0.39 is 0 Å². The Labute approximate surface area is 175 Å². The largest absolute Gasteiger partial charge is 0.355 e. The summed E-state index contributed by atoms with van der Waals surface area (Å²) >= 11 is 0. The molecule has 2 heteroatoms. The second kappa shape index (κ2) is 8.58. The van der Waals surface area contributed by atoms with E-state index in [4.69, 9.17) is 0 Å². The normalized spacial score (nSPS) is 16.9. The minimum absolute atomic E-state index is 0.274. The van der Waals surface area contributed by atoms with Gasteiger partial charge in [0.05, 0.1) is 0 Å². The van der Waals surface area contributed by atoms with E-state index in [9.17, 15) is 0 Å². The molecule has 1 aliphatic rings. The lowest BCUT2D eigenvalue weighted by atomic mass is 9.86. The van der Waals surface area contributed by atoms with E-state index in [1.54, 1.807) is 0 Å². The number of nitrogens with one attached hydrogen (secondary N) is 1. The fraction of sp³-hybridized carbons (Fsp3) is 0.538. The molecule has 0 saturated carbocycles. The zero-order valence-electron chi connectivity index (χ0n) is 19.6. The summed E-state index contributed by atoms with van der Waals surface area (Å²) in [5.41, 5.74) is 6.71. The lowest BCUT2D eigenvalue weighted by Gasteiger charge is -2.40. The molecular weight excluding hydrogens is 357 g/mol. The van der Waals surface area contributed by atoms with Crippen LogP contribution in [0.4, 0.5) is 0 Å². The molecule has 1 aromatic carbocycles. The number of rotatable bonds is 4. The minimum Gasteiger partial charge on any atom is -0.355 e. The first-order valence-electron chi connectivity index (χ1n) is 10.6. The summed E-state index contributed by atoms with van der Waals surface area (Å²) in [5.74, 6) is 3.50. The van der Waals surface area contributed by atoms with E-state index in [1.807, 2.05) is 0 Å². The molecular formula is C26H40NP. The van der Waals surface area contributed by atoms with Crippen LogP contribution in [0, 0.1) is 0 Å². The van der Waals surface area contributed by atoms with E-state index in [0.717, 1.165) is 0 Å². The molecule has 0 aliphatic carbocycles. The fourth-order valence-corrected chi connectivity index (χ4v) is 7.32.